The molecule has 1 amide bonds. The number of ether oxygens (including phenoxy) is 1. The van der Waals surface area contributed by atoms with Gasteiger partial charge < -0.3 is 15.4 Å². The van der Waals surface area contributed by atoms with Crippen molar-refractivity contribution in [1.82, 2.24) is 4.90 Å². The van der Waals surface area contributed by atoms with Crippen molar-refractivity contribution >= 4 is 6.09 Å². The first-order valence-corrected chi connectivity index (χ1v) is 5.33. The number of amides is 1. The Morgan fingerprint density at radius 3 is 2.81 bits per heavy atom. The number of carbonyl (C=O) groups excluding carboxylic acids is 1. The second-order valence-electron chi connectivity index (χ2n) is 3.74. The number of rotatable bonds is 3. The van der Waals surface area contributed by atoms with Gasteiger partial charge in [-0.1, -0.05) is 12.1 Å². The van der Waals surface area contributed by atoms with Crippen LogP contribution in [0.1, 0.15) is 25.5 Å². The molecule has 0 heterocycles. The van der Waals surface area contributed by atoms with E-state index in [-0.39, 0.29) is 12.1 Å². The molecule has 4 nitrogen and oxygen atoms in total. The predicted molar refractivity (Wildman–Crippen MR) is 63.4 cm³/mol. The first-order chi connectivity index (χ1) is 7.54. The summed E-state index contributed by atoms with van der Waals surface area (Å²) in [6.45, 7) is 4.39. The van der Waals surface area contributed by atoms with Crippen LogP contribution in [-0.2, 0) is 0 Å². The Hall–Kier alpha value is -1.55. The maximum atomic E-state index is 11.5. The van der Waals surface area contributed by atoms with Crippen molar-refractivity contribution in [2.24, 2.45) is 5.73 Å². The first-order valence-electron chi connectivity index (χ1n) is 5.33. The third-order valence-corrected chi connectivity index (χ3v) is 2.38. The van der Waals surface area contributed by atoms with Gasteiger partial charge in [0.15, 0.2) is 0 Å². The molecule has 0 aliphatic rings. The maximum Gasteiger partial charge on any atom is 0.414 e. The fraction of sp³-hybridized carbons (Fsp3) is 0.417. The summed E-state index contributed by atoms with van der Waals surface area (Å²) in [4.78, 5) is 13.0. The van der Waals surface area contributed by atoms with Gasteiger partial charge in [0.05, 0.1) is 0 Å². The van der Waals surface area contributed by atoms with E-state index in [0.29, 0.717) is 12.3 Å². The molecule has 0 aromatic heterocycles. The van der Waals surface area contributed by atoms with Gasteiger partial charge in [0.25, 0.3) is 0 Å². The first kappa shape index (κ1) is 12.5. The smallest absolute Gasteiger partial charge is 0.410 e. The molecule has 0 fully saturated rings. The van der Waals surface area contributed by atoms with Gasteiger partial charge in [-0.15, -0.1) is 0 Å². The Bertz CT molecular complexity index is 364. The van der Waals surface area contributed by atoms with Crippen molar-refractivity contribution in [3.63, 3.8) is 0 Å². The summed E-state index contributed by atoms with van der Waals surface area (Å²) < 4.78 is 5.19. The number of hydrogen-bond donors (Lipinski definition) is 1. The monoisotopic (exact) mass is 222 g/mol. The quantitative estimate of drug-likeness (QED) is 0.852. The Balaban J connectivity index is 2.74. The van der Waals surface area contributed by atoms with Crippen LogP contribution < -0.4 is 10.5 Å². The van der Waals surface area contributed by atoms with Crippen molar-refractivity contribution in [2.75, 3.05) is 13.6 Å². The van der Waals surface area contributed by atoms with Gasteiger partial charge >= 0.3 is 6.09 Å². The van der Waals surface area contributed by atoms with Crippen LogP contribution in [0.4, 0.5) is 4.79 Å². The highest BCUT2D eigenvalue weighted by Gasteiger charge is 2.09. The lowest BCUT2D eigenvalue weighted by Crippen LogP contribution is -2.29. The van der Waals surface area contributed by atoms with Crippen LogP contribution in [0.25, 0.3) is 0 Å². The molecule has 1 aromatic rings. The highest BCUT2D eigenvalue weighted by molar-refractivity contribution is 5.70. The Kier molecular flexibility index (Phi) is 4.31. The summed E-state index contributed by atoms with van der Waals surface area (Å²) in [6, 6.07) is 7.19. The summed E-state index contributed by atoms with van der Waals surface area (Å²) >= 11 is 0. The lowest BCUT2D eigenvalue weighted by molar-refractivity contribution is 0.165. The Morgan fingerprint density at radius 2 is 2.25 bits per heavy atom. The largest absolute Gasteiger partial charge is 0.414 e. The van der Waals surface area contributed by atoms with Crippen LogP contribution in [0.2, 0.25) is 0 Å². The molecule has 0 unspecified atom stereocenters. The number of carbonyl (C=O) groups is 1. The van der Waals surface area contributed by atoms with Gasteiger partial charge in [-0.25, -0.2) is 4.79 Å². The average molecular weight is 222 g/mol. The van der Waals surface area contributed by atoms with E-state index in [1.165, 1.54) is 4.90 Å². The van der Waals surface area contributed by atoms with E-state index >= 15 is 0 Å². The van der Waals surface area contributed by atoms with Crippen LogP contribution in [0, 0.1) is 0 Å². The Morgan fingerprint density at radius 1 is 1.56 bits per heavy atom. The standard InChI is InChI=1S/C12H18N2O2/c1-4-14(3)12(15)16-11-7-5-6-10(8-11)9(2)13/h5-9H,4,13H2,1-3H3/t9-/m1/s1. The van der Waals surface area contributed by atoms with Crippen LogP contribution in [0.3, 0.4) is 0 Å². The molecule has 1 aromatic carbocycles. The summed E-state index contributed by atoms with van der Waals surface area (Å²) in [6.07, 6.45) is -0.357. The summed E-state index contributed by atoms with van der Waals surface area (Å²) in [7, 11) is 1.69. The van der Waals surface area contributed by atoms with E-state index in [9.17, 15) is 4.79 Å². The van der Waals surface area contributed by atoms with Crippen LogP contribution >= 0.6 is 0 Å². The SMILES string of the molecule is CCN(C)C(=O)Oc1cccc([C@@H](C)N)c1. The van der Waals surface area contributed by atoms with Gasteiger partial charge in [-0.2, -0.15) is 0 Å². The zero-order chi connectivity index (χ0) is 12.1. The molecule has 16 heavy (non-hydrogen) atoms. The molecule has 1 atom stereocenters. The molecule has 0 aliphatic heterocycles. The fourth-order valence-electron chi connectivity index (χ4n) is 1.17. The zero-order valence-corrected chi connectivity index (χ0v) is 9.93. The summed E-state index contributed by atoms with van der Waals surface area (Å²) in [5, 5.41) is 0. The molecular formula is C12H18N2O2. The van der Waals surface area contributed by atoms with Crippen molar-refractivity contribution in [3.8, 4) is 5.75 Å². The van der Waals surface area contributed by atoms with E-state index in [1.807, 2.05) is 26.0 Å². The highest BCUT2D eigenvalue weighted by Crippen LogP contribution is 2.18. The van der Waals surface area contributed by atoms with E-state index in [2.05, 4.69) is 0 Å². The fourth-order valence-corrected chi connectivity index (χ4v) is 1.17. The Labute approximate surface area is 96.0 Å². The van der Waals surface area contributed by atoms with Crippen molar-refractivity contribution < 1.29 is 9.53 Å². The minimum Gasteiger partial charge on any atom is -0.410 e. The number of hydrogen-bond acceptors (Lipinski definition) is 3. The molecule has 88 valence electrons. The minimum atomic E-state index is -0.357. The molecule has 2 N–H and O–H groups in total. The third-order valence-electron chi connectivity index (χ3n) is 2.38. The maximum absolute atomic E-state index is 11.5. The van der Waals surface area contributed by atoms with Gasteiger partial charge in [0.2, 0.25) is 0 Å². The zero-order valence-electron chi connectivity index (χ0n) is 9.93. The number of nitrogens with zero attached hydrogens (tertiary/aromatic N) is 1. The summed E-state index contributed by atoms with van der Waals surface area (Å²) in [5.74, 6) is 0.528. The van der Waals surface area contributed by atoms with Crippen molar-refractivity contribution in [3.05, 3.63) is 29.8 Å². The molecule has 0 bridgehead atoms. The lowest BCUT2D eigenvalue weighted by atomic mass is 10.1. The minimum absolute atomic E-state index is 0.0671. The van der Waals surface area contributed by atoms with E-state index < -0.39 is 0 Å². The number of nitrogens with two attached hydrogens (primary N) is 1. The van der Waals surface area contributed by atoms with Crippen molar-refractivity contribution in [2.45, 2.75) is 19.9 Å². The molecule has 0 radical (unpaired) electrons. The van der Waals surface area contributed by atoms with Crippen LogP contribution in [0.15, 0.2) is 24.3 Å². The van der Waals surface area contributed by atoms with Crippen molar-refractivity contribution in [1.29, 1.82) is 0 Å². The molecule has 0 saturated carbocycles. The van der Waals surface area contributed by atoms with Crippen LogP contribution in [-0.4, -0.2) is 24.6 Å². The van der Waals surface area contributed by atoms with E-state index in [0.717, 1.165) is 5.56 Å². The topological polar surface area (TPSA) is 55.6 Å². The van der Waals surface area contributed by atoms with Gasteiger partial charge in [-0.05, 0) is 31.5 Å². The second kappa shape index (κ2) is 5.51. The summed E-state index contributed by atoms with van der Waals surface area (Å²) in [5.41, 5.74) is 6.70. The average Bonchev–Trinajstić information content (AvgIpc) is 2.28. The molecule has 1 rings (SSSR count). The molecule has 4 heteroatoms. The molecule has 0 spiro atoms. The lowest BCUT2D eigenvalue weighted by Gasteiger charge is -2.15. The highest BCUT2D eigenvalue weighted by atomic mass is 16.6. The van der Waals surface area contributed by atoms with Crippen LogP contribution in [0.5, 0.6) is 5.75 Å². The normalized spacial score (nSPS) is 12.0. The van der Waals surface area contributed by atoms with E-state index in [1.54, 1.807) is 19.2 Å². The predicted octanol–water partition coefficient (Wildman–Crippen LogP) is 2.16. The molecule has 0 aliphatic carbocycles. The molecule has 0 saturated heterocycles. The number of benzene rings is 1. The second-order valence-corrected chi connectivity index (χ2v) is 3.74. The third kappa shape index (κ3) is 3.24. The van der Waals surface area contributed by atoms with E-state index in [4.69, 9.17) is 10.5 Å². The van der Waals surface area contributed by atoms with Gasteiger partial charge in [-0.3, -0.25) is 0 Å². The molecular weight excluding hydrogens is 204 g/mol. The van der Waals surface area contributed by atoms with Gasteiger partial charge in [0.1, 0.15) is 5.75 Å². The van der Waals surface area contributed by atoms with Gasteiger partial charge in [0, 0.05) is 19.6 Å².